The Bertz CT molecular complexity index is 545. The van der Waals surface area contributed by atoms with E-state index in [1.807, 2.05) is 0 Å². The SMILES string of the molecule is O=S(=O)(c1ccccc1F)N1C2CCC1CNC2. The molecule has 2 aliphatic rings. The zero-order valence-corrected chi connectivity index (χ0v) is 10.7. The molecule has 0 amide bonds. The standard InChI is InChI=1S/C12H15FN2O2S/c13-11-3-1-2-4-12(11)18(16,17)15-9-5-6-10(15)8-14-7-9/h1-4,9-10,14H,5-8H2. The third-order valence-electron chi connectivity index (χ3n) is 3.70. The van der Waals surface area contributed by atoms with Crippen LogP contribution in [0, 0.1) is 5.82 Å². The lowest BCUT2D eigenvalue weighted by Crippen LogP contribution is -2.54. The number of sulfonamides is 1. The zero-order valence-electron chi connectivity index (χ0n) is 9.84. The molecule has 3 rings (SSSR count). The molecule has 0 aliphatic carbocycles. The predicted octanol–water partition coefficient (Wildman–Crippen LogP) is 0.951. The highest BCUT2D eigenvalue weighted by Gasteiger charge is 2.44. The Labute approximate surface area is 106 Å². The van der Waals surface area contributed by atoms with Crippen molar-refractivity contribution in [1.29, 1.82) is 0 Å². The van der Waals surface area contributed by atoms with Gasteiger partial charge in [0, 0.05) is 25.2 Å². The van der Waals surface area contributed by atoms with E-state index >= 15 is 0 Å². The predicted molar refractivity (Wildman–Crippen MR) is 65.1 cm³/mol. The summed E-state index contributed by atoms with van der Waals surface area (Å²) in [4.78, 5) is -0.205. The van der Waals surface area contributed by atoms with E-state index in [1.165, 1.54) is 22.5 Å². The van der Waals surface area contributed by atoms with Crippen molar-refractivity contribution < 1.29 is 12.8 Å². The molecule has 1 aromatic rings. The minimum Gasteiger partial charge on any atom is -0.314 e. The van der Waals surface area contributed by atoms with Crippen molar-refractivity contribution in [2.75, 3.05) is 13.1 Å². The minimum absolute atomic E-state index is 0.0339. The maximum absolute atomic E-state index is 13.7. The van der Waals surface area contributed by atoms with Gasteiger partial charge in [-0.1, -0.05) is 12.1 Å². The molecule has 1 N–H and O–H groups in total. The summed E-state index contributed by atoms with van der Waals surface area (Å²) >= 11 is 0. The molecular weight excluding hydrogens is 255 g/mol. The number of hydrogen-bond acceptors (Lipinski definition) is 3. The number of nitrogens with zero attached hydrogens (tertiary/aromatic N) is 1. The fourth-order valence-corrected chi connectivity index (χ4v) is 4.84. The Morgan fingerprint density at radius 1 is 1.17 bits per heavy atom. The van der Waals surface area contributed by atoms with Crippen LogP contribution in [0.4, 0.5) is 4.39 Å². The van der Waals surface area contributed by atoms with Gasteiger partial charge in [0.05, 0.1) is 0 Å². The van der Waals surface area contributed by atoms with Crippen LogP contribution < -0.4 is 5.32 Å². The van der Waals surface area contributed by atoms with E-state index in [-0.39, 0.29) is 17.0 Å². The van der Waals surface area contributed by atoms with Crippen molar-refractivity contribution >= 4 is 10.0 Å². The van der Waals surface area contributed by atoms with Crippen LogP contribution in [0.2, 0.25) is 0 Å². The smallest absolute Gasteiger partial charge is 0.246 e. The Morgan fingerprint density at radius 2 is 1.78 bits per heavy atom. The fraction of sp³-hybridized carbons (Fsp3) is 0.500. The molecule has 1 aromatic carbocycles. The Hall–Kier alpha value is -0.980. The maximum atomic E-state index is 13.7. The third kappa shape index (κ3) is 1.75. The van der Waals surface area contributed by atoms with E-state index in [0.29, 0.717) is 13.1 Å². The number of rotatable bonds is 2. The van der Waals surface area contributed by atoms with Crippen molar-refractivity contribution in [1.82, 2.24) is 9.62 Å². The highest BCUT2D eigenvalue weighted by Crippen LogP contribution is 2.33. The summed E-state index contributed by atoms with van der Waals surface area (Å²) in [6, 6.07) is 5.52. The summed E-state index contributed by atoms with van der Waals surface area (Å²) in [7, 11) is -3.71. The average molecular weight is 270 g/mol. The Balaban J connectivity index is 2.03. The molecular formula is C12H15FN2O2S. The highest BCUT2D eigenvalue weighted by atomic mass is 32.2. The molecule has 2 unspecified atom stereocenters. The van der Waals surface area contributed by atoms with E-state index in [4.69, 9.17) is 0 Å². The molecule has 2 heterocycles. The van der Waals surface area contributed by atoms with Gasteiger partial charge in [-0.25, -0.2) is 12.8 Å². The Kier molecular flexibility index (Phi) is 2.88. The van der Waals surface area contributed by atoms with Crippen molar-refractivity contribution in [3.8, 4) is 0 Å². The van der Waals surface area contributed by atoms with Crippen molar-refractivity contribution in [3.63, 3.8) is 0 Å². The van der Waals surface area contributed by atoms with Gasteiger partial charge in [0.25, 0.3) is 0 Å². The van der Waals surface area contributed by atoms with Crippen LogP contribution >= 0.6 is 0 Å². The van der Waals surface area contributed by atoms with Crippen LogP contribution in [0.1, 0.15) is 12.8 Å². The number of benzene rings is 1. The first-order chi connectivity index (χ1) is 8.60. The van der Waals surface area contributed by atoms with Gasteiger partial charge in [0.1, 0.15) is 10.7 Å². The molecule has 98 valence electrons. The number of hydrogen-bond donors (Lipinski definition) is 1. The van der Waals surface area contributed by atoms with Crippen LogP contribution in [-0.4, -0.2) is 37.9 Å². The first-order valence-corrected chi connectivity index (χ1v) is 7.53. The molecule has 0 aromatic heterocycles. The van der Waals surface area contributed by atoms with E-state index < -0.39 is 15.8 Å². The van der Waals surface area contributed by atoms with Crippen molar-refractivity contribution in [3.05, 3.63) is 30.1 Å². The molecule has 2 bridgehead atoms. The van der Waals surface area contributed by atoms with Gasteiger partial charge >= 0.3 is 0 Å². The summed E-state index contributed by atoms with van der Waals surface area (Å²) in [5.74, 6) is -0.671. The topological polar surface area (TPSA) is 49.4 Å². The van der Waals surface area contributed by atoms with Gasteiger partial charge in [-0.3, -0.25) is 0 Å². The molecule has 6 heteroatoms. The normalized spacial score (nSPS) is 28.5. The quantitative estimate of drug-likeness (QED) is 0.870. The summed E-state index contributed by atoms with van der Waals surface area (Å²) in [5, 5.41) is 3.22. The third-order valence-corrected chi connectivity index (χ3v) is 5.74. The van der Waals surface area contributed by atoms with Crippen LogP contribution in [0.5, 0.6) is 0 Å². The second-order valence-electron chi connectivity index (χ2n) is 4.81. The minimum atomic E-state index is -3.71. The molecule has 4 nitrogen and oxygen atoms in total. The second kappa shape index (κ2) is 4.29. The van der Waals surface area contributed by atoms with Crippen LogP contribution in [-0.2, 0) is 10.0 Å². The van der Waals surface area contributed by atoms with Gasteiger partial charge in [-0.2, -0.15) is 4.31 Å². The van der Waals surface area contributed by atoms with Crippen molar-refractivity contribution in [2.24, 2.45) is 0 Å². The van der Waals surface area contributed by atoms with Crippen LogP contribution in [0.15, 0.2) is 29.2 Å². The lowest BCUT2D eigenvalue weighted by molar-refractivity contribution is 0.262. The van der Waals surface area contributed by atoms with E-state index in [1.54, 1.807) is 6.07 Å². The van der Waals surface area contributed by atoms with Gasteiger partial charge < -0.3 is 5.32 Å². The first-order valence-electron chi connectivity index (χ1n) is 6.09. The van der Waals surface area contributed by atoms with Gasteiger partial charge in [0.15, 0.2) is 0 Å². The molecule has 2 fully saturated rings. The Morgan fingerprint density at radius 3 is 2.39 bits per heavy atom. The molecule has 18 heavy (non-hydrogen) atoms. The van der Waals surface area contributed by atoms with E-state index in [0.717, 1.165) is 12.8 Å². The fourth-order valence-electron chi connectivity index (χ4n) is 2.90. The van der Waals surface area contributed by atoms with Crippen molar-refractivity contribution in [2.45, 2.75) is 29.8 Å². The molecule has 0 saturated carbocycles. The van der Waals surface area contributed by atoms with Gasteiger partial charge in [-0.15, -0.1) is 0 Å². The number of fused-ring (bicyclic) bond motifs is 2. The number of nitrogens with one attached hydrogen (secondary N) is 1. The largest absolute Gasteiger partial charge is 0.314 e. The molecule has 2 saturated heterocycles. The van der Waals surface area contributed by atoms with Crippen LogP contribution in [0.25, 0.3) is 0 Å². The van der Waals surface area contributed by atoms with E-state index in [2.05, 4.69) is 5.32 Å². The molecule has 2 atom stereocenters. The summed E-state index contributed by atoms with van der Waals surface area (Å²) in [5.41, 5.74) is 0. The van der Waals surface area contributed by atoms with Crippen LogP contribution in [0.3, 0.4) is 0 Å². The summed E-state index contributed by atoms with van der Waals surface area (Å²) in [6.45, 7) is 1.31. The average Bonchev–Trinajstić information content (AvgIpc) is 2.62. The molecule has 0 spiro atoms. The van der Waals surface area contributed by atoms with E-state index in [9.17, 15) is 12.8 Å². The zero-order chi connectivity index (χ0) is 12.8. The summed E-state index contributed by atoms with van der Waals surface area (Å²) in [6.07, 6.45) is 1.71. The maximum Gasteiger partial charge on any atom is 0.246 e. The molecule has 2 aliphatic heterocycles. The highest BCUT2D eigenvalue weighted by molar-refractivity contribution is 7.89. The summed E-state index contributed by atoms with van der Waals surface area (Å²) < 4.78 is 40.2. The lowest BCUT2D eigenvalue weighted by Gasteiger charge is -2.34. The number of halogens is 1. The lowest BCUT2D eigenvalue weighted by atomic mass is 10.2. The number of piperazine rings is 1. The first kappa shape index (κ1) is 12.1. The van der Waals surface area contributed by atoms with Gasteiger partial charge in [0.2, 0.25) is 10.0 Å². The molecule has 0 radical (unpaired) electrons. The van der Waals surface area contributed by atoms with Gasteiger partial charge in [-0.05, 0) is 25.0 Å². The monoisotopic (exact) mass is 270 g/mol. The second-order valence-corrected chi connectivity index (χ2v) is 6.62.